The third-order valence-corrected chi connectivity index (χ3v) is 1.64. The first kappa shape index (κ1) is 10.8. The van der Waals surface area contributed by atoms with Gasteiger partial charge in [0.1, 0.15) is 6.29 Å². The Morgan fingerprint density at radius 2 is 1.80 bits per heavy atom. The topological polar surface area (TPSA) is 60.4 Å². The largest absolute Gasteiger partial charge is 0.386 e. The Morgan fingerprint density at radius 1 is 1.20 bits per heavy atom. The van der Waals surface area contributed by atoms with Crippen molar-refractivity contribution in [2.75, 3.05) is 0 Å². The molecule has 0 saturated carbocycles. The number of carbonyl (C=O) groups excluding carboxylic acids is 3. The van der Waals surface area contributed by atoms with E-state index in [-0.39, 0.29) is 5.56 Å². The highest BCUT2D eigenvalue weighted by atomic mass is 16.6. The Morgan fingerprint density at radius 3 is 2.27 bits per heavy atom. The molecule has 0 fully saturated rings. The van der Waals surface area contributed by atoms with E-state index in [0.29, 0.717) is 11.8 Å². The molecule has 0 atom stereocenters. The molecule has 0 aliphatic heterocycles. The lowest BCUT2D eigenvalue weighted by atomic mass is 10.1. The first-order chi connectivity index (χ1) is 7.17. The van der Waals surface area contributed by atoms with Crippen LogP contribution in [0.3, 0.4) is 0 Å². The Hall–Kier alpha value is -2.23. The van der Waals surface area contributed by atoms with Gasteiger partial charge in [0.2, 0.25) is 0 Å². The van der Waals surface area contributed by atoms with Crippen LogP contribution in [-0.4, -0.2) is 18.2 Å². The summed E-state index contributed by atoms with van der Waals surface area (Å²) in [5.74, 6) is -1.57. The van der Waals surface area contributed by atoms with Gasteiger partial charge in [0.05, 0.1) is 5.56 Å². The van der Waals surface area contributed by atoms with Crippen molar-refractivity contribution in [2.45, 2.75) is 0 Å². The monoisotopic (exact) mass is 204 g/mol. The van der Waals surface area contributed by atoms with Gasteiger partial charge < -0.3 is 4.74 Å². The molecule has 0 unspecified atom stereocenters. The summed E-state index contributed by atoms with van der Waals surface area (Å²) in [7, 11) is 0. The van der Waals surface area contributed by atoms with Gasteiger partial charge in [-0.05, 0) is 12.1 Å². The Bertz CT molecular complexity index is 403. The molecule has 1 rings (SSSR count). The van der Waals surface area contributed by atoms with E-state index in [9.17, 15) is 14.4 Å². The molecule has 0 aromatic heterocycles. The molecule has 1 aromatic carbocycles. The van der Waals surface area contributed by atoms with Gasteiger partial charge in [-0.25, -0.2) is 9.59 Å². The molecule has 0 saturated heterocycles. The van der Waals surface area contributed by atoms with Crippen LogP contribution in [0.5, 0.6) is 0 Å². The molecule has 0 heterocycles. The van der Waals surface area contributed by atoms with E-state index >= 15 is 0 Å². The van der Waals surface area contributed by atoms with Crippen LogP contribution in [-0.2, 0) is 9.53 Å². The minimum absolute atomic E-state index is 0.204. The van der Waals surface area contributed by atoms with Crippen LogP contribution in [0.25, 0.3) is 0 Å². The predicted octanol–water partition coefficient (Wildman–Crippen LogP) is 1.37. The summed E-state index contributed by atoms with van der Waals surface area (Å²) in [6.07, 6.45) is 1.56. The summed E-state index contributed by atoms with van der Waals surface area (Å²) in [6, 6.07) is 5.73. The van der Waals surface area contributed by atoms with E-state index in [1.165, 1.54) is 24.3 Å². The van der Waals surface area contributed by atoms with Crippen LogP contribution in [0.4, 0.5) is 0 Å². The Labute approximate surface area is 86.2 Å². The second-order valence-electron chi connectivity index (χ2n) is 2.65. The summed E-state index contributed by atoms with van der Waals surface area (Å²) < 4.78 is 4.37. The van der Waals surface area contributed by atoms with Crippen molar-refractivity contribution < 1.29 is 19.1 Å². The number of ether oxygens (including phenoxy) is 1. The third-order valence-electron chi connectivity index (χ3n) is 1.64. The minimum atomic E-state index is -0.806. The average Bonchev–Trinajstić information content (AvgIpc) is 2.29. The van der Waals surface area contributed by atoms with Gasteiger partial charge in [0.25, 0.3) is 0 Å². The van der Waals surface area contributed by atoms with Crippen molar-refractivity contribution in [1.82, 2.24) is 0 Å². The first-order valence-electron chi connectivity index (χ1n) is 4.11. The number of carbonyl (C=O) groups is 3. The molecule has 0 aliphatic rings. The van der Waals surface area contributed by atoms with Gasteiger partial charge in [-0.3, -0.25) is 4.79 Å². The first-order valence-corrected chi connectivity index (χ1v) is 4.11. The van der Waals surface area contributed by atoms with E-state index in [2.05, 4.69) is 11.3 Å². The van der Waals surface area contributed by atoms with E-state index in [1.807, 2.05) is 0 Å². The highest BCUT2D eigenvalue weighted by Crippen LogP contribution is 2.04. The lowest BCUT2D eigenvalue weighted by Gasteiger charge is -1.99. The number of aldehydes is 1. The van der Waals surface area contributed by atoms with Crippen molar-refractivity contribution in [1.29, 1.82) is 0 Å². The van der Waals surface area contributed by atoms with Gasteiger partial charge in [0.15, 0.2) is 0 Å². The van der Waals surface area contributed by atoms with Crippen molar-refractivity contribution in [2.24, 2.45) is 0 Å². The van der Waals surface area contributed by atoms with Crippen LogP contribution in [0.15, 0.2) is 36.9 Å². The Kier molecular flexibility index (Phi) is 3.51. The van der Waals surface area contributed by atoms with Crippen LogP contribution in [0.1, 0.15) is 20.7 Å². The molecule has 1 aromatic rings. The molecule has 0 N–H and O–H groups in total. The standard InChI is InChI=1S/C11H8O4/c1-2-10(13)15-11(14)9-5-3-8(7-12)4-6-9/h2-7H,1H2. The fraction of sp³-hybridized carbons (Fsp3) is 0. The van der Waals surface area contributed by atoms with E-state index in [0.717, 1.165) is 6.08 Å². The molecule has 0 bridgehead atoms. The van der Waals surface area contributed by atoms with Crippen molar-refractivity contribution in [3.63, 3.8) is 0 Å². The van der Waals surface area contributed by atoms with Crippen molar-refractivity contribution in [3.05, 3.63) is 48.0 Å². The maximum atomic E-state index is 11.2. The SMILES string of the molecule is C=CC(=O)OC(=O)c1ccc(C=O)cc1. The fourth-order valence-corrected chi connectivity index (χ4v) is 0.890. The summed E-state index contributed by atoms with van der Waals surface area (Å²) in [5.41, 5.74) is 0.650. The molecule has 15 heavy (non-hydrogen) atoms. The molecule has 0 radical (unpaired) electrons. The maximum absolute atomic E-state index is 11.2. The normalized spacial score (nSPS) is 9.07. The average molecular weight is 204 g/mol. The number of hydrogen-bond donors (Lipinski definition) is 0. The Balaban J connectivity index is 2.78. The molecule has 4 nitrogen and oxygen atoms in total. The molecule has 0 spiro atoms. The summed E-state index contributed by atoms with van der Waals surface area (Å²) in [5, 5.41) is 0. The number of esters is 2. The van der Waals surface area contributed by atoms with Gasteiger partial charge in [-0.2, -0.15) is 0 Å². The number of hydrogen-bond acceptors (Lipinski definition) is 4. The van der Waals surface area contributed by atoms with Crippen LogP contribution < -0.4 is 0 Å². The summed E-state index contributed by atoms with van der Waals surface area (Å²) in [4.78, 5) is 32.3. The molecular formula is C11H8O4. The molecule has 0 aliphatic carbocycles. The second kappa shape index (κ2) is 4.85. The zero-order chi connectivity index (χ0) is 11.3. The zero-order valence-corrected chi connectivity index (χ0v) is 7.80. The quantitative estimate of drug-likeness (QED) is 0.323. The predicted molar refractivity (Wildman–Crippen MR) is 52.4 cm³/mol. The highest BCUT2D eigenvalue weighted by Gasteiger charge is 2.09. The lowest BCUT2D eigenvalue weighted by Crippen LogP contribution is -2.09. The van der Waals surface area contributed by atoms with Gasteiger partial charge >= 0.3 is 11.9 Å². The summed E-state index contributed by atoms with van der Waals surface area (Å²) >= 11 is 0. The third kappa shape index (κ3) is 2.87. The minimum Gasteiger partial charge on any atom is -0.386 e. The molecular weight excluding hydrogens is 196 g/mol. The fourth-order valence-electron chi connectivity index (χ4n) is 0.890. The van der Waals surface area contributed by atoms with Crippen LogP contribution in [0, 0.1) is 0 Å². The van der Waals surface area contributed by atoms with Gasteiger partial charge in [-0.15, -0.1) is 0 Å². The van der Waals surface area contributed by atoms with Crippen molar-refractivity contribution >= 4 is 18.2 Å². The van der Waals surface area contributed by atoms with E-state index in [1.54, 1.807) is 0 Å². The van der Waals surface area contributed by atoms with Gasteiger partial charge in [-0.1, -0.05) is 18.7 Å². The molecule has 4 heteroatoms. The van der Waals surface area contributed by atoms with Crippen LogP contribution >= 0.6 is 0 Å². The van der Waals surface area contributed by atoms with Crippen molar-refractivity contribution in [3.8, 4) is 0 Å². The second-order valence-corrected chi connectivity index (χ2v) is 2.65. The molecule has 76 valence electrons. The molecule has 0 amide bonds. The highest BCUT2D eigenvalue weighted by molar-refractivity contribution is 6.00. The van der Waals surface area contributed by atoms with E-state index < -0.39 is 11.9 Å². The zero-order valence-electron chi connectivity index (χ0n) is 7.80. The number of rotatable bonds is 3. The number of benzene rings is 1. The maximum Gasteiger partial charge on any atom is 0.346 e. The summed E-state index contributed by atoms with van der Waals surface area (Å²) in [6.45, 7) is 3.16. The van der Waals surface area contributed by atoms with E-state index in [4.69, 9.17) is 0 Å². The lowest BCUT2D eigenvalue weighted by molar-refractivity contribution is -0.132. The van der Waals surface area contributed by atoms with Gasteiger partial charge in [0, 0.05) is 11.6 Å². The van der Waals surface area contributed by atoms with Crippen LogP contribution in [0.2, 0.25) is 0 Å². The smallest absolute Gasteiger partial charge is 0.346 e.